The van der Waals surface area contributed by atoms with Gasteiger partial charge in [0.1, 0.15) is 0 Å². The van der Waals surface area contributed by atoms with Crippen LogP contribution < -0.4 is 10.6 Å². The molecule has 0 spiro atoms. The van der Waals surface area contributed by atoms with E-state index in [0.717, 1.165) is 19.3 Å². The average molecular weight is 226 g/mol. The molecule has 1 rings (SSSR count). The van der Waals surface area contributed by atoms with Gasteiger partial charge in [0.15, 0.2) is 0 Å². The third kappa shape index (κ3) is 4.77. The topological polar surface area (TPSA) is 50.4 Å². The molecule has 0 heterocycles. The number of rotatable bonds is 6. The first-order valence-electron chi connectivity index (χ1n) is 5.91. The molecule has 16 heavy (non-hydrogen) atoms. The Balaban J connectivity index is 2.19. The average Bonchev–Trinajstić information content (AvgIpc) is 2.30. The summed E-state index contributed by atoms with van der Waals surface area (Å²) in [6, 6.07) is 0.307. The van der Waals surface area contributed by atoms with Crippen LogP contribution in [0, 0.1) is 0 Å². The van der Waals surface area contributed by atoms with Gasteiger partial charge in [0, 0.05) is 19.7 Å². The van der Waals surface area contributed by atoms with Gasteiger partial charge in [-0.1, -0.05) is 12.2 Å². The van der Waals surface area contributed by atoms with E-state index in [2.05, 4.69) is 22.8 Å². The Labute approximate surface area is 97.4 Å². The Hall–Kier alpha value is -0.870. The summed E-state index contributed by atoms with van der Waals surface area (Å²) in [7, 11) is 1.63. The molecule has 1 aliphatic rings. The second-order valence-electron chi connectivity index (χ2n) is 4.15. The van der Waals surface area contributed by atoms with Gasteiger partial charge in [-0.3, -0.25) is 4.79 Å². The van der Waals surface area contributed by atoms with Crippen LogP contribution in [0.3, 0.4) is 0 Å². The molecule has 4 nitrogen and oxygen atoms in total. The molecule has 1 amide bonds. The quantitative estimate of drug-likeness (QED) is 0.521. The summed E-state index contributed by atoms with van der Waals surface area (Å²) in [4.78, 5) is 11.6. The van der Waals surface area contributed by atoms with Crippen molar-refractivity contribution in [1.82, 2.24) is 10.6 Å². The van der Waals surface area contributed by atoms with Crippen molar-refractivity contribution in [3.8, 4) is 0 Å². The maximum Gasteiger partial charge on any atom is 0.236 e. The maximum absolute atomic E-state index is 11.6. The Morgan fingerprint density at radius 3 is 3.00 bits per heavy atom. The van der Waals surface area contributed by atoms with E-state index in [1.807, 2.05) is 6.92 Å². The predicted molar refractivity (Wildman–Crippen MR) is 64.3 cm³/mol. The van der Waals surface area contributed by atoms with Crippen LogP contribution in [0.4, 0.5) is 0 Å². The van der Waals surface area contributed by atoms with Crippen LogP contribution in [-0.4, -0.2) is 38.3 Å². The minimum absolute atomic E-state index is 0.0478. The second-order valence-corrected chi connectivity index (χ2v) is 4.15. The molecule has 0 saturated heterocycles. The summed E-state index contributed by atoms with van der Waals surface area (Å²) < 4.78 is 4.88. The molecule has 0 bridgehead atoms. The number of allylic oxidation sites excluding steroid dienone is 1. The van der Waals surface area contributed by atoms with Crippen molar-refractivity contribution < 1.29 is 9.53 Å². The molecular weight excluding hydrogens is 204 g/mol. The van der Waals surface area contributed by atoms with Gasteiger partial charge >= 0.3 is 0 Å². The molecule has 2 atom stereocenters. The molecule has 0 radical (unpaired) electrons. The number of hydrogen-bond donors (Lipinski definition) is 2. The largest absolute Gasteiger partial charge is 0.383 e. The lowest BCUT2D eigenvalue weighted by Crippen LogP contribution is -2.47. The summed E-state index contributed by atoms with van der Waals surface area (Å²) in [5.74, 6) is 0.0478. The van der Waals surface area contributed by atoms with Crippen LogP contribution in [0.5, 0.6) is 0 Å². The van der Waals surface area contributed by atoms with E-state index in [9.17, 15) is 4.79 Å². The number of carbonyl (C=O) groups is 1. The van der Waals surface area contributed by atoms with Crippen molar-refractivity contribution in [2.75, 3.05) is 20.3 Å². The normalized spacial score (nSPS) is 21.8. The van der Waals surface area contributed by atoms with Crippen LogP contribution >= 0.6 is 0 Å². The number of nitrogens with one attached hydrogen (secondary N) is 2. The van der Waals surface area contributed by atoms with E-state index in [1.165, 1.54) is 0 Å². The fraction of sp³-hybridized carbons (Fsp3) is 0.750. The molecule has 0 aromatic rings. The monoisotopic (exact) mass is 226 g/mol. The molecule has 2 N–H and O–H groups in total. The predicted octanol–water partition coefficient (Wildman–Crippen LogP) is 0.836. The van der Waals surface area contributed by atoms with Crippen molar-refractivity contribution in [3.63, 3.8) is 0 Å². The summed E-state index contributed by atoms with van der Waals surface area (Å²) in [6.45, 7) is 3.04. The molecule has 0 aliphatic heterocycles. The third-order valence-electron chi connectivity index (χ3n) is 2.75. The first-order chi connectivity index (χ1) is 7.74. The van der Waals surface area contributed by atoms with Gasteiger partial charge in [-0.15, -0.1) is 0 Å². The van der Waals surface area contributed by atoms with Crippen molar-refractivity contribution >= 4 is 5.91 Å². The molecule has 4 heteroatoms. The molecule has 0 aromatic heterocycles. The number of methoxy groups -OCH3 is 1. The van der Waals surface area contributed by atoms with E-state index >= 15 is 0 Å². The molecule has 2 unspecified atom stereocenters. The summed E-state index contributed by atoms with van der Waals surface area (Å²) >= 11 is 0. The smallest absolute Gasteiger partial charge is 0.236 e. The SMILES string of the molecule is COCCNC(=O)C(C)NC1CC=CCC1. The maximum atomic E-state index is 11.6. The van der Waals surface area contributed by atoms with Crippen LogP contribution in [0.25, 0.3) is 0 Å². The minimum atomic E-state index is -0.131. The van der Waals surface area contributed by atoms with E-state index in [-0.39, 0.29) is 11.9 Å². The van der Waals surface area contributed by atoms with Gasteiger partial charge in [0.05, 0.1) is 12.6 Å². The standard InChI is InChI=1S/C12H22N2O2/c1-10(12(15)13-8-9-16-2)14-11-6-4-3-5-7-11/h3-4,10-11,14H,5-9H2,1-2H3,(H,13,15). The third-order valence-corrected chi connectivity index (χ3v) is 2.75. The van der Waals surface area contributed by atoms with Crippen LogP contribution in [0.15, 0.2) is 12.2 Å². The molecule has 0 fully saturated rings. The molecule has 1 aliphatic carbocycles. The highest BCUT2D eigenvalue weighted by Crippen LogP contribution is 2.10. The minimum Gasteiger partial charge on any atom is -0.383 e. The van der Waals surface area contributed by atoms with Gasteiger partial charge in [0.2, 0.25) is 5.91 Å². The van der Waals surface area contributed by atoms with Gasteiger partial charge in [-0.25, -0.2) is 0 Å². The lowest BCUT2D eigenvalue weighted by atomic mass is 10.0. The summed E-state index contributed by atoms with van der Waals surface area (Å²) in [5, 5.41) is 6.17. The molecule has 0 aromatic carbocycles. The number of carbonyl (C=O) groups excluding carboxylic acids is 1. The Kier molecular flexibility index (Phi) is 6.11. The zero-order valence-corrected chi connectivity index (χ0v) is 10.2. The highest BCUT2D eigenvalue weighted by molar-refractivity contribution is 5.81. The van der Waals surface area contributed by atoms with Crippen LogP contribution in [0.1, 0.15) is 26.2 Å². The Morgan fingerprint density at radius 2 is 2.38 bits per heavy atom. The fourth-order valence-corrected chi connectivity index (χ4v) is 1.80. The second kappa shape index (κ2) is 7.41. The first kappa shape index (κ1) is 13.2. The van der Waals surface area contributed by atoms with Crippen molar-refractivity contribution in [1.29, 1.82) is 0 Å². The van der Waals surface area contributed by atoms with E-state index in [1.54, 1.807) is 7.11 Å². The van der Waals surface area contributed by atoms with Crippen LogP contribution in [-0.2, 0) is 9.53 Å². The first-order valence-corrected chi connectivity index (χ1v) is 5.91. The van der Waals surface area contributed by atoms with E-state index < -0.39 is 0 Å². The fourth-order valence-electron chi connectivity index (χ4n) is 1.80. The van der Waals surface area contributed by atoms with Crippen molar-refractivity contribution in [2.45, 2.75) is 38.3 Å². The van der Waals surface area contributed by atoms with Crippen LogP contribution in [0.2, 0.25) is 0 Å². The van der Waals surface area contributed by atoms with Gasteiger partial charge in [0.25, 0.3) is 0 Å². The Morgan fingerprint density at radius 1 is 1.56 bits per heavy atom. The zero-order chi connectivity index (χ0) is 11.8. The molecular formula is C12H22N2O2. The zero-order valence-electron chi connectivity index (χ0n) is 10.2. The Bertz CT molecular complexity index is 241. The number of ether oxygens (including phenoxy) is 1. The van der Waals surface area contributed by atoms with E-state index in [0.29, 0.717) is 19.2 Å². The van der Waals surface area contributed by atoms with Gasteiger partial charge in [-0.2, -0.15) is 0 Å². The number of amides is 1. The highest BCUT2D eigenvalue weighted by Gasteiger charge is 2.17. The highest BCUT2D eigenvalue weighted by atomic mass is 16.5. The molecule has 92 valence electrons. The lowest BCUT2D eigenvalue weighted by Gasteiger charge is -2.23. The molecule has 0 saturated carbocycles. The summed E-state index contributed by atoms with van der Waals surface area (Å²) in [6.07, 6.45) is 7.62. The number of hydrogen-bond acceptors (Lipinski definition) is 3. The summed E-state index contributed by atoms with van der Waals surface area (Å²) in [5.41, 5.74) is 0. The van der Waals surface area contributed by atoms with Crippen molar-refractivity contribution in [2.24, 2.45) is 0 Å². The van der Waals surface area contributed by atoms with Gasteiger partial charge in [-0.05, 0) is 26.2 Å². The van der Waals surface area contributed by atoms with Gasteiger partial charge < -0.3 is 15.4 Å². The lowest BCUT2D eigenvalue weighted by molar-refractivity contribution is -0.123. The van der Waals surface area contributed by atoms with Crippen molar-refractivity contribution in [3.05, 3.63) is 12.2 Å². The van der Waals surface area contributed by atoms with E-state index in [4.69, 9.17) is 4.74 Å².